The summed E-state index contributed by atoms with van der Waals surface area (Å²) in [6.45, 7) is 14.7. The highest BCUT2D eigenvalue weighted by molar-refractivity contribution is 5.94. The number of piperidine rings is 2. The molecule has 0 aliphatic carbocycles. The summed E-state index contributed by atoms with van der Waals surface area (Å²) < 4.78 is 53.0. The zero-order valence-corrected chi connectivity index (χ0v) is 17.9. The average molecular weight is 440 g/mol. The second-order valence-electron chi connectivity index (χ2n) is 8.91. The number of alkyl halides is 3. The Hall–Kier alpha value is -2.21. The van der Waals surface area contributed by atoms with Gasteiger partial charge in [0.2, 0.25) is 6.54 Å². The number of pyridine rings is 1. The zero-order chi connectivity index (χ0) is 22.8. The summed E-state index contributed by atoms with van der Waals surface area (Å²) in [6, 6.07) is 1.29. The van der Waals surface area contributed by atoms with E-state index in [0.717, 1.165) is 38.2 Å². The second kappa shape index (κ2) is 9.11. The Balaban J connectivity index is 1.60. The predicted octanol–water partition coefficient (Wildman–Crippen LogP) is 4.50. The van der Waals surface area contributed by atoms with Gasteiger partial charge in [0.25, 0.3) is 5.91 Å². The van der Waals surface area contributed by atoms with Gasteiger partial charge < -0.3 is 14.6 Å². The average Bonchev–Trinajstić information content (AvgIpc) is 2.73. The first kappa shape index (κ1) is 23.5. The van der Waals surface area contributed by atoms with Crippen molar-refractivity contribution in [1.82, 2.24) is 14.8 Å². The first-order valence-electron chi connectivity index (χ1n) is 10.7. The molecule has 170 valence electrons. The van der Waals surface area contributed by atoms with Crippen LogP contribution in [0.3, 0.4) is 0 Å². The molecule has 2 aliphatic heterocycles. The van der Waals surface area contributed by atoms with Crippen molar-refractivity contribution in [2.75, 3.05) is 32.7 Å². The van der Waals surface area contributed by atoms with Crippen LogP contribution in [0.5, 0.6) is 0 Å². The van der Waals surface area contributed by atoms with Gasteiger partial charge in [0.1, 0.15) is 0 Å². The van der Waals surface area contributed by atoms with Gasteiger partial charge in [-0.15, -0.1) is 0 Å². The molecule has 0 radical (unpaired) electrons. The van der Waals surface area contributed by atoms with E-state index in [2.05, 4.69) is 28.6 Å². The van der Waals surface area contributed by atoms with Crippen molar-refractivity contribution in [3.8, 4) is 0 Å². The topological polar surface area (TPSA) is 40.8 Å². The molecule has 5 nitrogen and oxygen atoms in total. The number of amides is 1. The van der Waals surface area contributed by atoms with Gasteiger partial charge in [-0.1, -0.05) is 13.8 Å². The first-order valence-corrected chi connectivity index (χ1v) is 10.7. The highest BCUT2D eigenvalue weighted by atomic mass is 19.4. The fourth-order valence-electron chi connectivity index (χ4n) is 4.82. The molecule has 0 aromatic carbocycles. The summed E-state index contributed by atoms with van der Waals surface area (Å²) >= 11 is 0. The lowest BCUT2D eigenvalue weighted by atomic mass is 9.70. The van der Waals surface area contributed by atoms with E-state index in [1.165, 1.54) is 4.90 Å². The molecule has 2 fully saturated rings. The molecule has 0 spiro atoms. The van der Waals surface area contributed by atoms with Crippen LogP contribution in [0.1, 0.15) is 55.6 Å². The van der Waals surface area contributed by atoms with E-state index in [9.17, 15) is 22.4 Å². The number of carbonyl (C=O) groups excluding carboxylic acids is 1. The number of rotatable bonds is 4. The van der Waals surface area contributed by atoms with Crippen molar-refractivity contribution >= 4 is 5.91 Å². The number of hydrogen-bond donors (Lipinski definition) is 0. The lowest BCUT2D eigenvalue weighted by Gasteiger charge is -2.46. The molecular weight excluding hydrogens is 412 g/mol. The van der Waals surface area contributed by atoms with E-state index in [1.807, 2.05) is 0 Å². The number of carbonyl (C=O) groups is 1. The molecule has 9 heteroatoms. The van der Waals surface area contributed by atoms with Crippen molar-refractivity contribution < 1.29 is 22.4 Å². The SMILES string of the molecule is [C-]#[N+]CC1(C(C)C)CCN(C2CCN(C(=O)c3ccnc(C(F)(F)F)c3F)CC2)CC1. The molecule has 2 aliphatic rings. The van der Waals surface area contributed by atoms with Crippen LogP contribution in [0.4, 0.5) is 17.6 Å². The molecular formula is C22H28F4N4O. The molecule has 0 unspecified atom stereocenters. The Bertz CT molecular complexity index is 833. The van der Waals surface area contributed by atoms with Crippen LogP contribution in [-0.2, 0) is 6.18 Å². The number of nitrogens with zero attached hydrogens (tertiary/aromatic N) is 4. The molecule has 31 heavy (non-hydrogen) atoms. The fourth-order valence-corrected chi connectivity index (χ4v) is 4.82. The van der Waals surface area contributed by atoms with Gasteiger partial charge in [-0.25, -0.2) is 15.9 Å². The van der Waals surface area contributed by atoms with Crippen molar-refractivity contribution in [2.24, 2.45) is 11.3 Å². The Labute approximate surface area is 180 Å². The van der Waals surface area contributed by atoms with Crippen LogP contribution < -0.4 is 0 Å². The maximum atomic E-state index is 14.3. The lowest BCUT2D eigenvalue weighted by Crippen LogP contribution is -2.52. The molecule has 0 bridgehead atoms. The highest BCUT2D eigenvalue weighted by Gasteiger charge is 2.42. The smallest absolute Gasteiger partial charge is 0.338 e. The number of aromatic nitrogens is 1. The van der Waals surface area contributed by atoms with E-state index >= 15 is 0 Å². The van der Waals surface area contributed by atoms with E-state index in [4.69, 9.17) is 6.57 Å². The zero-order valence-electron chi connectivity index (χ0n) is 17.9. The molecule has 1 amide bonds. The van der Waals surface area contributed by atoms with Gasteiger partial charge in [-0.3, -0.25) is 4.79 Å². The minimum Gasteiger partial charge on any atom is -0.338 e. The van der Waals surface area contributed by atoms with Crippen molar-refractivity contribution in [3.05, 3.63) is 40.8 Å². The van der Waals surface area contributed by atoms with Crippen molar-refractivity contribution in [3.63, 3.8) is 0 Å². The fraction of sp³-hybridized carbons (Fsp3) is 0.682. The van der Waals surface area contributed by atoms with Gasteiger partial charge in [0, 0.05) is 30.7 Å². The molecule has 1 aromatic heterocycles. The summed E-state index contributed by atoms with van der Waals surface area (Å²) in [5.41, 5.74) is -2.18. The maximum Gasteiger partial charge on any atom is 0.436 e. The molecule has 0 N–H and O–H groups in total. The highest BCUT2D eigenvalue weighted by Crippen LogP contribution is 2.40. The number of halogens is 4. The van der Waals surface area contributed by atoms with Crippen LogP contribution in [0.15, 0.2) is 12.3 Å². The molecule has 2 saturated heterocycles. The molecule has 1 aromatic rings. The normalized spacial score (nSPS) is 20.6. The quantitative estimate of drug-likeness (QED) is 0.511. The minimum absolute atomic E-state index is 0.0595. The summed E-state index contributed by atoms with van der Waals surface area (Å²) in [5, 5.41) is 0. The van der Waals surface area contributed by atoms with Crippen LogP contribution in [0.25, 0.3) is 4.85 Å². The van der Waals surface area contributed by atoms with E-state index < -0.39 is 29.2 Å². The summed E-state index contributed by atoms with van der Waals surface area (Å²) in [4.78, 5) is 23.2. The van der Waals surface area contributed by atoms with E-state index in [0.29, 0.717) is 38.4 Å². The van der Waals surface area contributed by atoms with Crippen LogP contribution >= 0.6 is 0 Å². The first-order chi connectivity index (χ1) is 14.6. The lowest BCUT2D eigenvalue weighted by molar-refractivity contribution is -0.143. The van der Waals surface area contributed by atoms with Crippen molar-refractivity contribution in [1.29, 1.82) is 0 Å². The predicted molar refractivity (Wildman–Crippen MR) is 108 cm³/mol. The second-order valence-corrected chi connectivity index (χ2v) is 8.91. The maximum absolute atomic E-state index is 14.3. The Morgan fingerprint density at radius 3 is 2.39 bits per heavy atom. The third-order valence-electron chi connectivity index (χ3n) is 7.07. The largest absolute Gasteiger partial charge is 0.436 e. The molecule has 0 atom stereocenters. The standard InChI is InChI=1S/C22H28F4N4O/c1-15(2)21(14-27-3)7-12-29(13-8-21)16-5-10-30(11-6-16)20(31)17-4-9-28-19(18(17)23)22(24,25)26/h4,9,15-16H,5-8,10-14H2,1-2H3. The third-order valence-corrected chi connectivity index (χ3v) is 7.07. The van der Waals surface area contributed by atoms with Gasteiger partial charge in [-0.05, 0) is 50.8 Å². The van der Waals surface area contributed by atoms with Crippen LogP contribution in [0.2, 0.25) is 0 Å². The Kier molecular flexibility index (Phi) is 6.89. The molecule has 3 rings (SSSR count). The monoisotopic (exact) mass is 440 g/mol. The van der Waals surface area contributed by atoms with Gasteiger partial charge in [0.05, 0.1) is 5.56 Å². The Morgan fingerprint density at radius 1 is 1.26 bits per heavy atom. The van der Waals surface area contributed by atoms with Gasteiger partial charge in [-0.2, -0.15) is 13.2 Å². The van der Waals surface area contributed by atoms with Gasteiger partial charge >= 0.3 is 6.18 Å². The third kappa shape index (κ3) is 4.84. The van der Waals surface area contributed by atoms with Gasteiger partial charge in [0.15, 0.2) is 11.5 Å². The van der Waals surface area contributed by atoms with E-state index in [-0.39, 0.29) is 11.5 Å². The molecule has 0 saturated carbocycles. The summed E-state index contributed by atoms with van der Waals surface area (Å²) in [5.74, 6) is -1.89. The number of hydrogen-bond acceptors (Lipinski definition) is 3. The van der Waals surface area contributed by atoms with E-state index in [1.54, 1.807) is 0 Å². The summed E-state index contributed by atoms with van der Waals surface area (Å²) in [6.07, 6.45) is -0.794. The number of likely N-dealkylation sites (tertiary alicyclic amines) is 2. The van der Waals surface area contributed by atoms with Crippen LogP contribution in [-0.4, -0.2) is 59.5 Å². The van der Waals surface area contributed by atoms with Crippen LogP contribution in [0, 0.1) is 23.7 Å². The Morgan fingerprint density at radius 2 is 1.87 bits per heavy atom. The minimum atomic E-state index is -4.94. The van der Waals surface area contributed by atoms with Crippen molar-refractivity contribution in [2.45, 2.75) is 51.7 Å². The molecule has 3 heterocycles. The summed E-state index contributed by atoms with van der Waals surface area (Å²) in [7, 11) is 0.